The van der Waals surface area contributed by atoms with Gasteiger partial charge < -0.3 is 5.32 Å². The van der Waals surface area contributed by atoms with Crippen LogP contribution in [-0.2, 0) is 18.8 Å². The minimum Gasteiger partial charge on any atom is -0.345 e. The molecule has 0 radical (unpaired) electrons. The maximum atomic E-state index is 13.0. The summed E-state index contributed by atoms with van der Waals surface area (Å²) < 4.78 is 78.2. The quantitative estimate of drug-likeness (QED) is 0.365. The summed E-state index contributed by atoms with van der Waals surface area (Å²) in [5.41, 5.74) is -0.969. The van der Waals surface area contributed by atoms with Crippen molar-refractivity contribution in [3.05, 3.63) is 69.8 Å². The van der Waals surface area contributed by atoms with Crippen LogP contribution < -0.4 is 10.8 Å². The van der Waals surface area contributed by atoms with Gasteiger partial charge in [-0.05, 0) is 60.7 Å². The number of nitrogens with one attached hydrogen (secondary N) is 2. The molecule has 1 atom stereocenters. The Morgan fingerprint density at radius 3 is 2.03 bits per heavy atom. The van der Waals surface area contributed by atoms with Crippen molar-refractivity contribution in [3.63, 3.8) is 0 Å². The van der Waals surface area contributed by atoms with E-state index in [2.05, 4.69) is 5.32 Å². The van der Waals surface area contributed by atoms with Crippen molar-refractivity contribution >= 4 is 11.8 Å². The molecule has 31 heavy (non-hydrogen) atoms. The Morgan fingerprint density at radius 2 is 1.48 bits per heavy atom. The Hall–Kier alpha value is -3.08. The second-order valence-corrected chi connectivity index (χ2v) is 7.07. The first-order chi connectivity index (χ1) is 14.4. The number of halogens is 6. The van der Waals surface area contributed by atoms with Crippen LogP contribution in [0, 0.1) is 0 Å². The highest BCUT2D eigenvalue weighted by Gasteiger charge is 2.37. The van der Waals surface area contributed by atoms with Crippen LogP contribution in [0.2, 0.25) is 0 Å². The third-order valence-electron chi connectivity index (χ3n) is 4.98. The lowest BCUT2D eigenvalue weighted by Crippen LogP contribution is -2.31. The molecular formula is C20H16F6N2O3. The third-order valence-corrected chi connectivity index (χ3v) is 4.98. The van der Waals surface area contributed by atoms with Gasteiger partial charge in [0.2, 0.25) is 0 Å². The van der Waals surface area contributed by atoms with E-state index in [4.69, 9.17) is 5.21 Å². The predicted octanol–water partition coefficient (Wildman–Crippen LogP) is 4.65. The van der Waals surface area contributed by atoms with Crippen molar-refractivity contribution in [2.75, 3.05) is 0 Å². The van der Waals surface area contributed by atoms with Crippen LogP contribution in [-0.4, -0.2) is 17.0 Å². The van der Waals surface area contributed by atoms with Crippen molar-refractivity contribution in [1.29, 1.82) is 0 Å². The second-order valence-electron chi connectivity index (χ2n) is 7.07. The number of benzene rings is 2. The summed E-state index contributed by atoms with van der Waals surface area (Å²) in [4.78, 5) is 24.1. The smallest absolute Gasteiger partial charge is 0.345 e. The fraction of sp³-hybridized carbons (Fsp3) is 0.300. The van der Waals surface area contributed by atoms with Gasteiger partial charge in [0.15, 0.2) is 0 Å². The molecule has 0 aromatic heterocycles. The maximum absolute atomic E-state index is 13.0. The molecule has 166 valence electrons. The van der Waals surface area contributed by atoms with E-state index in [9.17, 15) is 35.9 Å². The van der Waals surface area contributed by atoms with Crippen LogP contribution in [0.1, 0.15) is 61.9 Å². The number of hydrogen-bond acceptors (Lipinski definition) is 3. The fourth-order valence-corrected chi connectivity index (χ4v) is 3.50. The van der Waals surface area contributed by atoms with Crippen LogP contribution >= 0.6 is 0 Å². The highest BCUT2D eigenvalue weighted by Crippen LogP contribution is 2.37. The highest BCUT2D eigenvalue weighted by atomic mass is 19.4. The first kappa shape index (κ1) is 22.6. The lowest BCUT2D eigenvalue weighted by atomic mass is 9.86. The lowest BCUT2D eigenvalue weighted by molar-refractivity contribution is -0.143. The first-order valence-electron chi connectivity index (χ1n) is 9.07. The van der Waals surface area contributed by atoms with Crippen LogP contribution in [0.15, 0.2) is 36.4 Å². The standard InChI is InChI=1S/C20H16F6N2O3/c21-19(22,23)13-7-12(8-14(9-13)20(24,25)26)17(29)27-16-3-1-2-10-6-11(18(30)28-31)4-5-15(10)16/h4-9,16,31H,1-3H2,(H,27,29)(H,28,30). The van der Waals surface area contributed by atoms with E-state index < -0.39 is 46.9 Å². The van der Waals surface area contributed by atoms with E-state index in [-0.39, 0.29) is 11.6 Å². The number of carbonyl (C=O) groups is 2. The summed E-state index contributed by atoms with van der Waals surface area (Å²) in [5, 5.41) is 11.2. The molecule has 2 amide bonds. The second kappa shape index (κ2) is 8.22. The minimum atomic E-state index is -5.06. The predicted molar refractivity (Wildman–Crippen MR) is 95.3 cm³/mol. The van der Waals surface area contributed by atoms with Gasteiger partial charge >= 0.3 is 12.4 Å². The van der Waals surface area contributed by atoms with Gasteiger partial charge in [0.1, 0.15) is 0 Å². The molecule has 0 fully saturated rings. The minimum absolute atomic E-state index is 0.0412. The van der Waals surface area contributed by atoms with Crippen molar-refractivity contribution in [2.45, 2.75) is 37.7 Å². The number of hydroxylamine groups is 1. The zero-order chi connectivity index (χ0) is 23.0. The van der Waals surface area contributed by atoms with E-state index >= 15 is 0 Å². The number of carbonyl (C=O) groups excluding carboxylic acids is 2. The van der Waals surface area contributed by atoms with Gasteiger partial charge in [-0.2, -0.15) is 26.3 Å². The molecule has 5 nitrogen and oxygen atoms in total. The summed E-state index contributed by atoms with van der Waals surface area (Å²) in [6, 6.07) is 4.47. The number of amides is 2. The molecule has 1 unspecified atom stereocenters. The first-order valence-corrected chi connectivity index (χ1v) is 9.07. The molecule has 3 N–H and O–H groups in total. The molecule has 1 aliphatic rings. The molecule has 3 rings (SSSR count). The van der Waals surface area contributed by atoms with E-state index in [1.54, 1.807) is 0 Å². The molecular weight excluding hydrogens is 430 g/mol. The molecule has 0 saturated heterocycles. The molecule has 0 spiro atoms. The topological polar surface area (TPSA) is 78.4 Å². The van der Waals surface area contributed by atoms with E-state index in [1.807, 2.05) is 0 Å². The summed E-state index contributed by atoms with van der Waals surface area (Å²) in [7, 11) is 0. The SMILES string of the molecule is O=C(NO)c1ccc2c(c1)CCCC2NC(=O)c1cc(C(F)(F)F)cc(C(F)(F)F)c1. The zero-order valence-corrected chi connectivity index (χ0v) is 15.7. The third kappa shape index (κ3) is 4.98. The van der Waals surface area contributed by atoms with Gasteiger partial charge in [-0.15, -0.1) is 0 Å². The Kier molecular flexibility index (Phi) is 5.99. The number of fused-ring (bicyclic) bond motifs is 1. The van der Waals surface area contributed by atoms with Crippen LogP contribution in [0.25, 0.3) is 0 Å². The van der Waals surface area contributed by atoms with Crippen molar-refractivity contribution < 1.29 is 41.1 Å². The zero-order valence-electron chi connectivity index (χ0n) is 15.7. The Morgan fingerprint density at radius 1 is 0.871 bits per heavy atom. The molecule has 2 aromatic rings. The van der Waals surface area contributed by atoms with Crippen molar-refractivity contribution in [3.8, 4) is 0 Å². The number of aryl methyl sites for hydroxylation is 1. The monoisotopic (exact) mass is 446 g/mol. The maximum Gasteiger partial charge on any atom is 0.416 e. The van der Waals surface area contributed by atoms with Gasteiger partial charge in [-0.3, -0.25) is 14.8 Å². The van der Waals surface area contributed by atoms with Crippen LogP contribution in [0.4, 0.5) is 26.3 Å². The van der Waals surface area contributed by atoms with Gasteiger partial charge in [-0.25, -0.2) is 5.48 Å². The molecule has 11 heteroatoms. The van der Waals surface area contributed by atoms with Gasteiger partial charge in [0.25, 0.3) is 11.8 Å². The average molecular weight is 446 g/mol. The summed E-state index contributed by atoms with van der Waals surface area (Å²) in [6.45, 7) is 0. The number of hydrogen-bond donors (Lipinski definition) is 3. The van der Waals surface area contributed by atoms with Crippen LogP contribution in [0.3, 0.4) is 0 Å². The van der Waals surface area contributed by atoms with E-state index in [1.165, 1.54) is 23.7 Å². The van der Waals surface area contributed by atoms with Crippen molar-refractivity contribution in [2.24, 2.45) is 0 Å². The summed E-state index contributed by atoms with van der Waals surface area (Å²) >= 11 is 0. The average Bonchev–Trinajstić information content (AvgIpc) is 2.71. The summed E-state index contributed by atoms with van der Waals surface area (Å²) in [5.74, 6) is -1.82. The Balaban J connectivity index is 1.91. The molecule has 0 aliphatic heterocycles. The molecule has 0 heterocycles. The molecule has 0 saturated carbocycles. The molecule has 1 aliphatic carbocycles. The largest absolute Gasteiger partial charge is 0.416 e. The van der Waals surface area contributed by atoms with E-state index in [0.717, 1.165) is 0 Å². The Bertz CT molecular complexity index is 985. The molecule has 0 bridgehead atoms. The molecule has 2 aromatic carbocycles. The van der Waals surface area contributed by atoms with Crippen LogP contribution in [0.5, 0.6) is 0 Å². The number of rotatable bonds is 3. The fourth-order valence-electron chi connectivity index (χ4n) is 3.50. The number of alkyl halides is 6. The lowest BCUT2D eigenvalue weighted by Gasteiger charge is -2.27. The van der Waals surface area contributed by atoms with E-state index in [0.29, 0.717) is 42.5 Å². The van der Waals surface area contributed by atoms with Crippen molar-refractivity contribution in [1.82, 2.24) is 10.8 Å². The van der Waals surface area contributed by atoms with Gasteiger partial charge in [0.05, 0.1) is 17.2 Å². The van der Waals surface area contributed by atoms with Gasteiger partial charge in [0, 0.05) is 11.1 Å². The highest BCUT2D eigenvalue weighted by molar-refractivity contribution is 5.95. The Labute approximate surface area is 172 Å². The normalized spacial score (nSPS) is 16.4. The van der Waals surface area contributed by atoms with Gasteiger partial charge in [-0.1, -0.05) is 6.07 Å². The summed E-state index contributed by atoms with van der Waals surface area (Å²) in [6.07, 6.45) is -8.58.